The molecule has 1 N–H and O–H groups in total. The second-order valence-corrected chi connectivity index (χ2v) is 5.31. The Morgan fingerprint density at radius 3 is 2.50 bits per heavy atom. The first-order valence-electron chi connectivity index (χ1n) is 5.41. The van der Waals surface area contributed by atoms with Crippen LogP contribution in [-0.2, 0) is 0 Å². The van der Waals surface area contributed by atoms with Crippen molar-refractivity contribution in [1.82, 2.24) is 5.32 Å². The number of nitrogens with one attached hydrogen (secondary N) is 1. The van der Waals surface area contributed by atoms with E-state index in [1.807, 2.05) is 5.38 Å². The van der Waals surface area contributed by atoms with E-state index < -0.39 is 17.7 Å². The Hall–Kier alpha value is -0.970. The fourth-order valence-electron chi connectivity index (χ4n) is 1.82. The lowest BCUT2D eigenvalue weighted by molar-refractivity contribution is 0.483. The topological polar surface area (TPSA) is 12.0 Å². The van der Waals surface area contributed by atoms with E-state index in [9.17, 15) is 8.78 Å². The minimum atomic E-state index is -0.821. The Balaban J connectivity index is 2.53. The fourth-order valence-corrected chi connectivity index (χ4v) is 3.12. The first kappa shape index (κ1) is 13.5. The molecule has 0 saturated heterocycles. The van der Waals surface area contributed by atoms with Crippen LogP contribution in [0.2, 0.25) is 5.02 Å². The van der Waals surface area contributed by atoms with Gasteiger partial charge in [-0.15, -0.1) is 11.3 Å². The van der Waals surface area contributed by atoms with Crippen molar-refractivity contribution in [1.29, 1.82) is 0 Å². The summed E-state index contributed by atoms with van der Waals surface area (Å²) in [5, 5.41) is 5.35. The Bertz CT molecular complexity index is 568. The minimum Gasteiger partial charge on any atom is -0.309 e. The highest BCUT2D eigenvalue weighted by molar-refractivity contribution is 7.10. The van der Waals surface area contributed by atoms with E-state index in [2.05, 4.69) is 5.32 Å². The third-order valence-corrected chi connectivity index (χ3v) is 4.24. The molecular formula is C13H12ClF2NS. The zero-order valence-electron chi connectivity index (χ0n) is 9.93. The molecule has 1 heterocycles. The molecule has 0 spiro atoms. The summed E-state index contributed by atoms with van der Waals surface area (Å²) in [7, 11) is 1.69. The Labute approximate surface area is 113 Å². The van der Waals surface area contributed by atoms with Crippen LogP contribution in [0.5, 0.6) is 0 Å². The predicted molar refractivity (Wildman–Crippen MR) is 71.3 cm³/mol. The molecule has 0 aliphatic rings. The van der Waals surface area contributed by atoms with Gasteiger partial charge in [-0.3, -0.25) is 0 Å². The normalized spacial score (nSPS) is 12.7. The van der Waals surface area contributed by atoms with Crippen molar-refractivity contribution in [2.24, 2.45) is 0 Å². The van der Waals surface area contributed by atoms with Gasteiger partial charge in [0, 0.05) is 10.4 Å². The summed E-state index contributed by atoms with van der Waals surface area (Å²) in [6.07, 6.45) is 0. The molecule has 0 radical (unpaired) electrons. The molecular weight excluding hydrogens is 276 g/mol. The summed E-state index contributed by atoms with van der Waals surface area (Å²) in [6, 6.07) is 4.46. The molecule has 0 saturated carbocycles. The van der Waals surface area contributed by atoms with E-state index >= 15 is 0 Å². The lowest BCUT2D eigenvalue weighted by Gasteiger charge is -2.17. The number of rotatable bonds is 3. The van der Waals surface area contributed by atoms with Crippen LogP contribution in [0.15, 0.2) is 23.6 Å². The summed E-state index contributed by atoms with van der Waals surface area (Å²) in [5.41, 5.74) is 0.563. The van der Waals surface area contributed by atoms with Crippen LogP contribution in [-0.4, -0.2) is 7.05 Å². The molecule has 1 aromatic carbocycles. The zero-order chi connectivity index (χ0) is 13.3. The van der Waals surface area contributed by atoms with E-state index in [0.29, 0.717) is 10.6 Å². The summed E-state index contributed by atoms with van der Waals surface area (Å²) in [5.74, 6) is -1.63. The maximum Gasteiger partial charge on any atom is 0.164 e. The quantitative estimate of drug-likeness (QED) is 0.888. The lowest BCUT2D eigenvalue weighted by Crippen LogP contribution is -2.19. The Morgan fingerprint density at radius 1 is 1.22 bits per heavy atom. The largest absolute Gasteiger partial charge is 0.309 e. The first-order chi connectivity index (χ1) is 8.56. The summed E-state index contributed by atoms with van der Waals surface area (Å²) >= 11 is 7.45. The van der Waals surface area contributed by atoms with E-state index in [0.717, 1.165) is 4.88 Å². The second kappa shape index (κ2) is 5.34. The van der Waals surface area contributed by atoms with Gasteiger partial charge in [0.1, 0.15) is 0 Å². The molecule has 0 amide bonds. The SMILES string of the molecule is CNC(c1ccc(C)c(F)c1F)c1sccc1Cl. The van der Waals surface area contributed by atoms with E-state index in [-0.39, 0.29) is 5.56 Å². The molecule has 0 bridgehead atoms. The highest BCUT2D eigenvalue weighted by atomic mass is 35.5. The van der Waals surface area contributed by atoms with Gasteiger partial charge in [-0.25, -0.2) is 8.78 Å². The summed E-state index contributed by atoms with van der Waals surface area (Å²) < 4.78 is 27.6. The molecule has 5 heteroatoms. The number of hydrogen-bond acceptors (Lipinski definition) is 2. The van der Waals surface area contributed by atoms with E-state index in [1.165, 1.54) is 18.3 Å². The standard InChI is InChI=1S/C13H12ClF2NS/c1-7-3-4-8(11(16)10(7)15)12(17-2)13-9(14)5-6-18-13/h3-6,12,17H,1-2H3. The van der Waals surface area contributed by atoms with Crippen molar-refractivity contribution in [3.05, 3.63) is 56.2 Å². The van der Waals surface area contributed by atoms with Crippen LogP contribution in [0.4, 0.5) is 8.78 Å². The highest BCUT2D eigenvalue weighted by Gasteiger charge is 2.22. The van der Waals surface area contributed by atoms with Gasteiger partial charge in [0.2, 0.25) is 0 Å². The molecule has 0 fully saturated rings. The van der Waals surface area contributed by atoms with Gasteiger partial charge in [-0.05, 0) is 31.0 Å². The number of thiophene rings is 1. The Kier molecular flexibility index (Phi) is 4.00. The minimum absolute atomic E-state index is 0.268. The van der Waals surface area contributed by atoms with Crippen molar-refractivity contribution in [3.63, 3.8) is 0 Å². The van der Waals surface area contributed by atoms with Crippen LogP contribution in [0, 0.1) is 18.6 Å². The van der Waals surface area contributed by atoms with Crippen LogP contribution >= 0.6 is 22.9 Å². The van der Waals surface area contributed by atoms with Gasteiger partial charge in [0.25, 0.3) is 0 Å². The average Bonchev–Trinajstić information content (AvgIpc) is 2.77. The van der Waals surface area contributed by atoms with Crippen LogP contribution < -0.4 is 5.32 Å². The smallest absolute Gasteiger partial charge is 0.164 e. The molecule has 96 valence electrons. The second-order valence-electron chi connectivity index (χ2n) is 3.95. The van der Waals surface area contributed by atoms with Crippen LogP contribution in [0.1, 0.15) is 22.0 Å². The summed E-state index contributed by atoms with van der Waals surface area (Å²) in [6.45, 7) is 1.54. The molecule has 2 aromatic rings. The number of aryl methyl sites for hydroxylation is 1. The van der Waals surface area contributed by atoms with Crippen molar-refractivity contribution in [2.45, 2.75) is 13.0 Å². The molecule has 1 nitrogen and oxygen atoms in total. The van der Waals surface area contributed by atoms with Gasteiger partial charge in [-0.2, -0.15) is 0 Å². The summed E-state index contributed by atoms with van der Waals surface area (Å²) in [4.78, 5) is 0.779. The molecule has 0 aliphatic heterocycles. The predicted octanol–water partition coefficient (Wildman–Crippen LogP) is 4.30. The number of hydrogen-bond donors (Lipinski definition) is 1. The van der Waals surface area contributed by atoms with Gasteiger partial charge < -0.3 is 5.32 Å². The molecule has 1 aromatic heterocycles. The number of halogens is 3. The van der Waals surface area contributed by atoms with Gasteiger partial charge in [-0.1, -0.05) is 23.7 Å². The first-order valence-corrected chi connectivity index (χ1v) is 6.66. The molecule has 2 rings (SSSR count). The molecule has 0 aliphatic carbocycles. The monoisotopic (exact) mass is 287 g/mol. The third-order valence-electron chi connectivity index (χ3n) is 2.81. The van der Waals surface area contributed by atoms with Crippen LogP contribution in [0.25, 0.3) is 0 Å². The highest BCUT2D eigenvalue weighted by Crippen LogP contribution is 2.34. The van der Waals surface area contributed by atoms with Crippen LogP contribution in [0.3, 0.4) is 0 Å². The Morgan fingerprint density at radius 2 is 1.94 bits per heavy atom. The van der Waals surface area contributed by atoms with Crippen molar-refractivity contribution >= 4 is 22.9 Å². The van der Waals surface area contributed by atoms with E-state index in [1.54, 1.807) is 25.2 Å². The fraction of sp³-hybridized carbons (Fsp3) is 0.231. The molecule has 18 heavy (non-hydrogen) atoms. The van der Waals surface area contributed by atoms with Crippen molar-refractivity contribution < 1.29 is 8.78 Å². The van der Waals surface area contributed by atoms with Crippen molar-refractivity contribution in [3.8, 4) is 0 Å². The van der Waals surface area contributed by atoms with Gasteiger partial charge in [0.05, 0.1) is 11.1 Å². The molecule has 1 atom stereocenters. The van der Waals surface area contributed by atoms with Gasteiger partial charge in [0.15, 0.2) is 11.6 Å². The van der Waals surface area contributed by atoms with Gasteiger partial charge >= 0.3 is 0 Å². The number of benzene rings is 1. The third kappa shape index (κ3) is 2.28. The zero-order valence-corrected chi connectivity index (χ0v) is 11.5. The maximum absolute atomic E-state index is 14.0. The molecule has 1 unspecified atom stereocenters. The maximum atomic E-state index is 14.0. The van der Waals surface area contributed by atoms with Crippen molar-refractivity contribution in [2.75, 3.05) is 7.05 Å². The lowest BCUT2D eigenvalue weighted by atomic mass is 10.0. The average molecular weight is 288 g/mol. The van der Waals surface area contributed by atoms with E-state index in [4.69, 9.17) is 11.6 Å².